The van der Waals surface area contributed by atoms with Crippen LogP contribution in [0.25, 0.3) is 28.2 Å². The maximum atomic E-state index is 11.5. The van der Waals surface area contributed by atoms with Crippen LogP contribution in [0.15, 0.2) is 91.3 Å². The van der Waals surface area contributed by atoms with Gasteiger partial charge in [-0.25, -0.2) is 15.0 Å². The monoisotopic (exact) mass is 450 g/mol. The van der Waals surface area contributed by atoms with Crippen LogP contribution < -0.4 is 15.8 Å². The summed E-state index contributed by atoms with van der Waals surface area (Å²) in [7, 11) is 0. The van der Waals surface area contributed by atoms with Gasteiger partial charge in [-0.15, -0.1) is 0 Å². The Morgan fingerprint density at radius 2 is 1.62 bits per heavy atom. The highest BCUT2D eigenvalue weighted by molar-refractivity contribution is 5.93. The van der Waals surface area contributed by atoms with E-state index in [1.54, 1.807) is 30.6 Å². The first kappa shape index (κ1) is 21.1. The number of amides is 1. The van der Waals surface area contributed by atoms with Crippen molar-refractivity contribution in [3.8, 4) is 22.8 Å². The number of hydrogen-bond donors (Lipinski definition) is 2. The van der Waals surface area contributed by atoms with Gasteiger partial charge in [0, 0.05) is 16.8 Å². The number of carbonyl (C=O) groups is 1. The molecule has 2 heterocycles. The average molecular weight is 451 g/mol. The average Bonchev–Trinajstić information content (AvgIpc) is 3.32. The number of rotatable bonds is 8. The maximum Gasteiger partial charge on any atom is 0.248 e. The van der Waals surface area contributed by atoms with Gasteiger partial charge in [0.25, 0.3) is 0 Å². The molecule has 0 radical (unpaired) electrons. The van der Waals surface area contributed by atoms with Gasteiger partial charge in [0.1, 0.15) is 18.7 Å². The largest absolute Gasteiger partial charge is 0.492 e. The van der Waals surface area contributed by atoms with Gasteiger partial charge in [-0.1, -0.05) is 48.5 Å². The van der Waals surface area contributed by atoms with Gasteiger partial charge in [0.05, 0.1) is 6.54 Å². The molecule has 34 heavy (non-hydrogen) atoms. The quantitative estimate of drug-likeness (QED) is 0.345. The van der Waals surface area contributed by atoms with Gasteiger partial charge in [-0.2, -0.15) is 0 Å². The van der Waals surface area contributed by atoms with Crippen LogP contribution in [0.2, 0.25) is 0 Å². The van der Waals surface area contributed by atoms with Crippen molar-refractivity contribution in [1.29, 1.82) is 0 Å². The lowest BCUT2D eigenvalue weighted by molar-refractivity contribution is 0.100. The minimum absolute atomic E-state index is 0.426. The predicted octanol–water partition coefficient (Wildman–Crippen LogP) is 4.07. The molecule has 0 unspecified atom stereocenters. The Hall–Kier alpha value is -4.72. The summed E-state index contributed by atoms with van der Waals surface area (Å²) in [4.78, 5) is 25.6. The molecule has 168 valence electrons. The zero-order valence-electron chi connectivity index (χ0n) is 18.3. The first-order valence-corrected chi connectivity index (χ1v) is 10.8. The zero-order chi connectivity index (χ0) is 23.3. The summed E-state index contributed by atoms with van der Waals surface area (Å²) in [6.07, 6.45) is 1.74. The van der Waals surface area contributed by atoms with Gasteiger partial charge in [0.2, 0.25) is 5.91 Å². The van der Waals surface area contributed by atoms with E-state index in [0.29, 0.717) is 41.5 Å². The highest BCUT2D eigenvalue weighted by Crippen LogP contribution is 2.26. The summed E-state index contributed by atoms with van der Waals surface area (Å²) in [6, 6.07) is 26.4. The van der Waals surface area contributed by atoms with Crippen LogP contribution in [0.4, 0.5) is 5.82 Å². The van der Waals surface area contributed by atoms with Crippen LogP contribution in [-0.2, 0) is 0 Å². The van der Waals surface area contributed by atoms with Gasteiger partial charge in [-0.3, -0.25) is 9.36 Å². The smallest absolute Gasteiger partial charge is 0.248 e. The van der Waals surface area contributed by atoms with Crippen molar-refractivity contribution in [1.82, 2.24) is 19.5 Å². The lowest BCUT2D eigenvalue weighted by Gasteiger charge is -2.11. The molecule has 0 aliphatic carbocycles. The van der Waals surface area contributed by atoms with E-state index in [9.17, 15) is 4.79 Å². The van der Waals surface area contributed by atoms with Crippen LogP contribution in [0.1, 0.15) is 10.4 Å². The predicted molar refractivity (Wildman–Crippen MR) is 131 cm³/mol. The molecule has 0 aliphatic heterocycles. The third-order valence-corrected chi connectivity index (χ3v) is 5.26. The Balaban J connectivity index is 1.49. The van der Waals surface area contributed by atoms with E-state index in [0.717, 1.165) is 17.0 Å². The molecule has 0 saturated carbocycles. The van der Waals surface area contributed by atoms with Crippen molar-refractivity contribution in [2.24, 2.45) is 5.73 Å². The van der Waals surface area contributed by atoms with Gasteiger partial charge >= 0.3 is 0 Å². The molecule has 3 aromatic carbocycles. The second-order valence-electron chi connectivity index (χ2n) is 7.55. The minimum Gasteiger partial charge on any atom is -0.492 e. The summed E-state index contributed by atoms with van der Waals surface area (Å²) in [5, 5.41) is 3.34. The van der Waals surface area contributed by atoms with Crippen LogP contribution in [0.3, 0.4) is 0 Å². The fraction of sp³-hybridized carbons (Fsp3) is 0.0769. The number of nitrogens with zero attached hydrogens (tertiary/aromatic N) is 4. The summed E-state index contributed by atoms with van der Waals surface area (Å²) in [5.74, 6) is 1.43. The molecule has 0 atom stereocenters. The number of nitrogens with two attached hydrogens (primary N) is 1. The fourth-order valence-corrected chi connectivity index (χ4v) is 3.57. The van der Waals surface area contributed by atoms with Crippen LogP contribution >= 0.6 is 0 Å². The minimum atomic E-state index is -0.481. The molecule has 0 saturated heterocycles. The Bertz CT molecular complexity index is 1420. The maximum absolute atomic E-state index is 11.5. The Labute approximate surface area is 196 Å². The molecule has 0 aliphatic rings. The van der Waals surface area contributed by atoms with Gasteiger partial charge in [0.15, 0.2) is 22.8 Å². The molecule has 0 spiro atoms. The van der Waals surface area contributed by atoms with Crippen molar-refractivity contribution in [2.75, 3.05) is 18.5 Å². The highest BCUT2D eigenvalue weighted by atomic mass is 16.5. The van der Waals surface area contributed by atoms with Crippen LogP contribution in [-0.4, -0.2) is 38.6 Å². The summed E-state index contributed by atoms with van der Waals surface area (Å²) >= 11 is 0. The number of nitrogens with one attached hydrogen (secondary N) is 1. The van der Waals surface area contributed by atoms with Crippen molar-refractivity contribution < 1.29 is 9.53 Å². The van der Waals surface area contributed by atoms with E-state index in [1.807, 2.05) is 65.2 Å². The highest BCUT2D eigenvalue weighted by Gasteiger charge is 2.15. The molecule has 2 aromatic heterocycles. The van der Waals surface area contributed by atoms with Crippen molar-refractivity contribution in [3.05, 3.63) is 96.8 Å². The zero-order valence-corrected chi connectivity index (χ0v) is 18.3. The fourth-order valence-electron chi connectivity index (χ4n) is 3.57. The Kier molecular flexibility index (Phi) is 5.85. The third kappa shape index (κ3) is 4.42. The third-order valence-electron chi connectivity index (χ3n) is 5.26. The summed E-state index contributed by atoms with van der Waals surface area (Å²) in [6.45, 7) is 0.983. The molecular formula is C26H22N6O2. The second-order valence-corrected chi connectivity index (χ2v) is 7.55. The number of primary amides is 1. The number of hydrogen-bond acceptors (Lipinski definition) is 6. The van der Waals surface area contributed by atoms with Crippen LogP contribution in [0, 0.1) is 0 Å². The number of carbonyl (C=O) groups excluding carboxylic acids is 1. The normalized spacial score (nSPS) is 10.8. The molecule has 8 heteroatoms. The lowest BCUT2D eigenvalue weighted by atomic mass is 10.1. The molecule has 5 aromatic rings. The molecular weight excluding hydrogens is 428 g/mol. The molecule has 0 bridgehead atoms. The van der Waals surface area contributed by atoms with E-state index in [2.05, 4.69) is 10.3 Å². The number of aromatic nitrogens is 4. The van der Waals surface area contributed by atoms with Crippen molar-refractivity contribution in [3.63, 3.8) is 0 Å². The molecule has 3 N–H and O–H groups in total. The number of anilines is 1. The van der Waals surface area contributed by atoms with Gasteiger partial charge in [-0.05, 0) is 36.4 Å². The number of imidazole rings is 1. The Morgan fingerprint density at radius 1 is 0.912 bits per heavy atom. The number of benzene rings is 3. The van der Waals surface area contributed by atoms with Crippen molar-refractivity contribution in [2.45, 2.75) is 0 Å². The summed E-state index contributed by atoms with van der Waals surface area (Å²) < 4.78 is 7.71. The first-order chi connectivity index (χ1) is 16.7. The lowest BCUT2D eigenvalue weighted by Crippen LogP contribution is -2.13. The van der Waals surface area contributed by atoms with E-state index in [-0.39, 0.29) is 0 Å². The standard InChI is InChI=1S/C26H22N6O2/c27-23(33)18-11-13-19(14-12-18)24-30-25(28-15-16-34-21-9-5-2-6-10-21)22-26(31-24)32(17-29-22)20-7-3-1-4-8-20/h1-14,17H,15-16H2,(H2,27,33)(H,28,30,31). The topological polar surface area (TPSA) is 108 Å². The molecule has 5 rings (SSSR count). The first-order valence-electron chi connectivity index (χ1n) is 10.8. The molecule has 0 fully saturated rings. The summed E-state index contributed by atoms with van der Waals surface area (Å²) in [5.41, 5.74) is 8.83. The Morgan fingerprint density at radius 3 is 2.32 bits per heavy atom. The van der Waals surface area contributed by atoms with E-state index in [4.69, 9.17) is 20.4 Å². The number of fused-ring (bicyclic) bond motifs is 1. The van der Waals surface area contributed by atoms with Crippen molar-refractivity contribution >= 4 is 22.9 Å². The molecule has 1 amide bonds. The number of para-hydroxylation sites is 2. The van der Waals surface area contributed by atoms with E-state index < -0.39 is 5.91 Å². The number of ether oxygens (including phenoxy) is 1. The van der Waals surface area contributed by atoms with Crippen LogP contribution in [0.5, 0.6) is 5.75 Å². The molecule has 8 nitrogen and oxygen atoms in total. The second kappa shape index (κ2) is 9.41. The SMILES string of the molecule is NC(=O)c1ccc(-c2nc(NCCOc3ccccc3)c3ncn(-c4ccccc4)c3n2)cc1. The van der Waals surface area contributed by atoms with E-state index >= 15 is 0 Å². The van der Waals surface area contributed by atoms with E-state index in [1.165, 1.54) is 0 Å². The van der Waals surface area contributed by atoms with Gasteiger partial charge < -0.3 is 15.8 Å².